The second kappa shape index (κ2) is 7.40. The van der Waals surface area contributed by atoms with Crippen molar-refractivity contribution >= 4 is 21.9 Å². The average molecular weight is 407 g/mol. The molecule has 0 saturated carbocycles. The summed E-state index contributed by atoms with van der Waals surface area (Å²) in [6.07, 6.45) is 5.88. The summed E-state index contributed by atoms with van der Waals surface area (Å²) in [5, 5.41) is 1.31. The van der Waals surface area contributed by atoms with Crippen LogP contribution in [-0.4, -0.2) is 39.5 Å². The molecule has 1 saturated heterocycles. The largest absolute Gasteiger partial charge is 0.361 e. The molecule has 0 unspecified atom stereocenters. The molecule has 5 aromatic rings. The van der Waals surface area contributed by atoms with Gasteiger partial charge in [-0.15, -0.1) is 0 Å². The smallest absolute Gasteiger partial charge is 0.138 e. The van der Waals surface area contributed by atoms with E-state index in [-0.39, 0.29) is 0 Å². The minimum atomic E-state index is 0.644. The molecule has 0 amide bonds. The molecule has 2 N–H and O–H groups in total. The Morgan fingerprint density at radius 3 is 2.61 bits per heavy atom. The molecule has 0 aliphatic carbocycles. The van der Waals surface area contributed by atoms with Crippen LogP contribution in [0.3, 0.4) is 0 Å². The van der Waals surface area contributed by atoms with E-state index >= 15 is 0 Å². The summed E-state index contributed by atoms with van der Waals surface area (Å²) in [4.78, 5) is 14.4. The zero-order chi connectivity index (χ0) is 20.8. The number of fused-ring (bicyclic) bond motifs is 2. The molecule has 4 heteroatoms. The second-order valence-corrected chi connectivity index (χ2v) is 8.74. The molecule has 1 aliphatic rings. The Hall–Kier alpha value is -3.37. The predicted octanol–water partition coefficient (Wildman–Crippen LogP) is 6.01. The molecule has 0 bridgehead atoms. The monoisotopic (exact) mass is 406 g/mol. The van der Waals surface area contributed by atoms with E-state index in [1.54, 1.807) is 0 Å². The molecule has 31 heavy (non-hydrogen) atoms. The Bertz CT molecular complexity index is 1360. The van der Waals surface area contributed by atoms with Gasteiger partial charge in [0.05, 0.1) is 11.0 Å². The van der Waals surface area contributed by atoms with Crippen LogP contribution >= 0.6 is 0 Å². The number of H-pyrrole nitrogens is 2. The molecular weight excluding hydrogens is 380 g/mol. The lowest BCUT2D eigenvalue weighted by atomic mass is 10.0. The van der Waals surface area contributed by atoms with E-state index in [0.29, 0.717) is 6.04 Å². The molecule has 3 aromatic carbocycles. The van der Waals surface area contributed by atoms with Crippen molar-refractivity contribution in [3.63, 3.8) is 0 Å². The number of hydrogen-bond acceptors (Lipinski definition) is 2. The average Bonchev–Trinajstić information content (AvgIpc) is 3.52. The molecular formula is C27H26N4. The number of benzene rings is 3. The molecule has 0 spiro atoms. The molecule has 1 fully saturated rings. The van der Waals surface area contributed by atoms with Gasteiger partial charge >= 0.3 is 0 Å². The zero-order valence-electron chi connectivity index (χ0n) is 17.7. The van der Waals surface area contributed by atoms with Crippen molar-refractivity contribution < 1.29 is 0 Å². The van der Waals surface area contributed by atoms with Gasteiger partial charge in [-0.25, -0.2) is 4.98 Å². The normalized spacial score (nSPS) is 17.1. The first-order valence-electron chi connectivity index (χ1n) is 11.1. The van der Waals surface area contributed by atoms with E-state index in [0.717, 1.165) is 28.8 Å². The van der Waals surface area contributed by atoms with Crippen LogP contribution in [0, 0.1) is 0 Å². The summed E-state index contributed by atoms with van der Waals surface area (Å²) in [6, 6.07) is 24.2. The van der Waals surface area contributed by atoms with Crippen molar-refractivity contribution in [2.75, 3.05) is 13.6 Å². The predicted molar refractivity (Wildman–Crippen MR) is 128 cm³/mol. The fourth-order valence-electron chi connectivity index (χ4n) is 4.94. The lowest BCUT2D eigenvalue weighted by molar-refractivity contribution is 0.310. The highest BCUT2D eigenvalue weighted by atomic mass is 15.1. The van der Waals surface area contributed by atoms with Crippen molar-refractivity contribution in [1.82, 2.24) is 19.9 Å². The topological polar surface area (TPSA) is 47.7 Å². The first-order chi connectivity index (χ1) is 15.2. The van der Waals surface area contributed by atoms with Gasteiger partial charge in [0.25, 0.3) is 0 Å². The van der Waals surface area contributed by atoms with E-state index in [2.05, 4.69) is 88.8 Å². The highest BCUT2D eigenvalue weighted by molar-refractivity contribution is 5.89. The van der Waals surface area contributed by atoms with Gasteiger partial charge in [0.2, 0.25) is 0 Å². The van der Waals surface area contributed by atoms with Crippen molar-refractivity contribution in [2.24, 2.45) is 0 Å². The quantitative estimate of drug-likeness (QED) is 0.384. The summed E-state index contributed by atoms with van der Waals surface area (Å²) in [5.41, 5.74) is 8.19. The lowest BCUT2D eigenvalue weighted by Crippen LogP contribution is -2.26. The van der Waals surface area contributed by atoms with Gasteiger partial charge in [0.1, 0.15) is 5.82 Å². The molecule has 4 nitrogen and oxygen atoms in total. The van der Waals surface area contributed by atoms with E-state index in [9.17, 15) is 0 Å². The van der Waals surface area contributed by atoms with Crippen LogP contribution in [0.2, 0.25) is 0 Å². The summed E-state index contributed by atoms with van der Waals surface area (Å²) in [5.74, 6) is 0.923. The third kappa shape index (κ3) is 3.33. The first-order valence-corrected chi connectivity index (χ1v) is 11.1. The maximum Gasteiger partial charge on any atom is 0.138 e. The number of nitrogens with one attached hydrogen (secondary N) is 2. The van der Waals surface area contributed by atoms with Gasteiger partial charge in [-0.3, -0.25) is 0 Å². The van der Waals surface area contributed by atoms with Crippen LogP contribution in [0.5, 0.6) is 0 Å². The number of likely N-dealkylation sites (tertiary alicyclic amines) is 1. The number of hydrogen-bond donors (Lipinski definition) is 2. The van der Waals surface area contributed by atoms with Crippen molar-refractivity contribution in [3.8, 4) is 22.5 Å². The maximum atomic E-state index is 4.93. The highest BCUT2D eigenvalue weighted by Gasteiger charge is 2.22. The van der Waals surface area contributed by atoms with Crippen molar-refractivity contribution in [3.05, 3.63) is 78.5 Å². The number of aromatic nitrogens is 3. The number of nitrogens with zero attached hydrogens (tertiary/aromatic N) is 2. The lowest BCUT2D eigenvalue weighted by Gasteiger charge is -2.18. The minimum absolute atomic E-state index is 0.644. The molecule has 0 radical (unpaired) electrons. The summed E-state index contributed by atoms with van der Waals surface area (Å²) in [7, 11) is 2.25. The van der Waals surface area contributed by atoms with Crippen LogP contribution in [0.1, 0.15) is 18.4 Å². The summed E-state index contributed by atoms with van der Waals surface area (Å²) < 4.78 is 0. The molecule has 1 aliphatic heterocycles. The minimum Gasteiger partial charge on any atom is -0.361 e. The first kappa shape index (κ1) is 18.4. The number of rotatable bonds is 4. The van der Waals surface area contributed by atoms with Crippen molar-refractivity contribution in [1.29, 1.82) is 0 Å². The summed E-state index contributed by atoms with van der Waals surface area (Å²) in [6.45, 7) is 1.21. The second-order valence-electron chi connectivity index (χ2n) is 8.74. The molecule has 3 heterocycles. The fraction of sp³-hybridized carbons (Fsp3) is 0.222. The van der Waals surface area contributed by atoms with E-state index in [1.165, 1.54) is 47.0 Å². The third-order valence-electron chi connectivity index (χ3n) is 6.76. The van der Waals surface area contributed by atoms with Crippen molar-refractivity contribution in [2.45, 2.75) is 25.3 Å². The fourth-order valence-corrected chi connectivity index (χ4v) is 4.94. The molecule has 154 valence electrons. The van der Waals surface area contributed by atoms with Crippen LogP contribution < -0.4 is 0 Å². The van der Waals surface area contributed by atoms with Gasteiger partial charge in [-0.05, 0) is 79.9 Å². The molecule has 6 rings (SSSR count). The van der Waals surface area contributed by atoms with Gasteiger partial charge in [0, 0.05) is 28.7 Å². The number of aromatic amines is 2. The Morgan fingerprint density at radius 1 is 0.935 bits per heavy atom. The number of likely N-dealkylation sites (N-methyl/N-ethyl adjacent to an activating group) is 1. The van der Waals surface area contributed by atoms with Crippen LogP contribution in [0.4, 0.5) is 0 Å². The maximum absolute atomic E-state index is 4.93. The van der Waals surface area contributed by atoms with E-state index in [4.69, 9.17) is 4.98 Å². The third-order valence-corrected chi connectivity index (χ3v) is 6.76. The molecule has 1 atom stereocenters. The Kier molecular flexibility index (Phi) is 4.39. The summed E-state index contributed by atoms with van der Waals surface area (Å²) >= 11 is 0. The SMILES string of the molecule is CN1CCC[C@@H]1Cc1c[nH]c2ccc(-c3nc4cc(-c5ccccc5)ccc4[nH]3)cc12. The zero-order valence-corrected chi connectivity index (χ0v) is 17.7. The van der Waals surface area contributed by atoms with Crippen LogP contribution in [-0.2, 0) is 6.42 Å². The Labute approximate surface area is 181 Å². The highest BCUT2D eigenvalue weighted by Crippen LogP contribution is 2.30. The molecule has 2 aromatic heterocycles. The van der Waals surface area contributed by atoms with E-state index in [1.807, 2.05) is 6.07 Å². The van der Waals surface area contributed by atoms with Gasteiger partial charge in [-0.2, -0.15) is 0 Å². The van der Waals surface area contributed by atoms with E-state index < -0.39 is 0 Å². The Morgan fingerprint density at radius 2 is 1.77 bits per heavy atom. The number of imidazole rings is 1. The van der Waals surface area contributed by atoms with Gasteiger partial charge in [-0.1, -0.05) is 36.4 Å². The van der Waals surface area contributed by atoms with Gasteiger partial charge in [0.15, 0.2) is 0 Å². The van der Waals surface area contributed by atoms with Crippen LogP contribution in [0.15, 0.2) is 72.9 Å². The van der Waals surface area contributed by atoms with Gasteiger partial charge < -0.3 is 14.9 Å². The Balaban J connectivity index is 1.36. The van der Waals surface area contributed by atoms with Crippen LogP contribution in [0.25, 0.3) is 44.5 Å². The standard InChI is InChI=1S/C27H26N4/c1-31-13-5-8-22(31)14-21-17-28-24-11-10-20(15-23(21)24)27-29-25-12-9-19(16-26(25)30-27)18-6-3-2-4-7-18/h2-4,6-7,9-12,15-17,22,28H,5,8,13-14H2,1H3,(H,29,30)/t22-/m1/s1.